The summed E-state index contributed by atoms with van der Waals surface area (Å²) in [4.78, 5) is 12.3. The van der Waals surface area contributed by atoms with Crippen molar-refractivity contribution < 1.29 is 19.4 Å². The second kappa shape index (κ2) is 8.36. The van der Waals surface area contributed by atoms with Crippen molar-refractivity contribution in [1.82, 2.24) is 0 Å². The minimum absolute atomic E-state index is 0.0412. The summed E-state index contributed by atoms with van der Waals surface area (Å²) < 4.78 is 11.3. The minimum Gasteiger partial charge on any atom is -0.493 e. The Balaban J connectivity index is 1.51. The van der Waals surface area contributed by atoms with Gasteiger partial charge in [0, 0.05) is 11.5 Å². The maximum Gasteiger partial charge on any atom is 0.309 e. The van der Waals surface area contributed by atoms with Gasteiger partial charge in [-0.15, -0.1) is 0 Å². The number of benzene rings is 2. The fraction of sp³-hybridized carbons (Fsp3) is 0.458. The van der Waals surface area contributed by atoms with Crippen molar-refractivity contribution >= 4 is 5.97 Å². The minimum atomic E-state index is -0.539. The molecule has 0 spiro atoms. The van der Waals surface area contributed by atoms with Crippen LogP contribution < -0.4 is 4.74 Å². The summed E-state index contributed by atoms with van der Waals surface area (Å²) >= 11 is 0. The molecule has 2 aromatic carbocycles. The van der Waals surface area contributed by atoms with Crippen LogP contribution in [0.4, 0.5) is 0 Å². The Kier molecular flexibility index (Phi) is 5.67. The van der Waals surface area contributed by atoms with Crippen LogP contribution in [0.25, 0.3) is 0 Å². The van der Waals surface area contributed by atoms with E-state index in [0.717, 1.165) is 42.6 Å². The van der Waals surface area contributed by atoms with Crippen molar-refractivity contribution in [2.45, 2.75) is 44.6 Å². The lowest BCUT2D eigenvalue weighted by Gasteiger charge is -2.31. The van der Waals surface area contributed by atoms with E-state index in [2.05, 4.69) is 18.2 Å². The Hall–Kier alpha value is -2.33. The molecule has 4 nitrogen and oxygen atoms in total. The zero-order valence-electron chi connectivity index (χ0n) is 16.3. The molecule has 1 aliphatic heterocycles. The molecular formula is C24H28O4. The first-order valence-corrected chi connectivity index (χ1v) is 10.3. The van der Waals surface area contributed by atoms with E-state index in [1.807, 2.05) is 37.3 Å². The van der Waals surface area contributed by atoms with Gasteiger partial charge in [-0.05, 0) is 49.3 Å². The lowest BCUT2D eigenvalue weighted by Crippen LogP contribution is -2.28. The molecule has 2 aromatic rings. The number of esters is 1. The number of hydrogen-bond acceptors (Lipinski definition) is 4. The third-order valence-corrected chi connectivity index (χ3v) is 6.13. The molecule has 28 heavy (non-hydrogen) atoms. The van der Waals surface area contributed by atoms with Gasteiger partial charge in [-0.1, -0.05) is 48.9 Å². The van der Waals surface area contributed by atoms with Gasteiger partial charge in [-0.25, -0.2) is 0 Å². The number of aliphatic hydroxyl groups is 1. The quantitative estimate of drug-likeness (QED) is 0.780. The molecular weight excluding hydrogens is 352 g/mol. The lowest BCUT2D eigenvalue weighted by atomic mass is 9.84. The standard InChI is InChI=1S/C24H28O4/c1-2-27-24(26)20-10-6-9-19(20)17-11-12-21-22(14-17)28-15-18(23(21)25)13-16-7-4-3-5-8-16/h3-5,7-8,11-12,14,18-20,23,25H,2,6,9-10,13,15H2,1H3/t18-,19?,20?,23+/m0/s1. The zero-order chi connectivity index (χ0) is 19.5. The van der Waals surface area contributed by atoms with Crippen molar-refractivity contribution in [2.24, 2.45) is 11.8 Å². The van der Waals surface area contributed by atoms with Crippen molar-refractivity contribution in [1.29, 1.82) is 0 Å². The summed E-state index contributed by atoms with van der Waals surface area (Å²) in [7, 11) is 0. The maximum atomic E-state index is 12.3. The highest BCUT2D eigenvalue weighted by Crippen LogP contribution is 2.44. The molecule has 0 amide bonds. The molecule has 1 heterocycles. The first-order chi connectivity index (χ1) is 13.7. The third kappa shape index (κ3) is 3.79. The van der Waals surface area contributed by atoms with Gasteiger partial charge in [0.2, 0.25) is 0 Å². The number of hydrogen-bond donors (Lipinski definition) is 1. The van der Waals surface area contributed by atoms with Crippen LogP contribution in [-0.2, 0) is 16.0 Å². The van der Waals surface area contributed by atoms with Gasteiger partial charge < -0.3 is 14.6 Å². The highest BCUT2D eigenvalue weighted by atomic mass is 16.5. The van der Waals surface area contributed by atoms with E-state index < -0.39 is 6.10 Å². The van der Waals surface area contributed by atoms with Crippen LogP contribution in [0.15, 0.2) is 48.5 Å². The highest BCUT2D eigenvalue weighted by molar-refractivity contribution is 5.74. The summed E-state index contributed by atoms with van der Waals surface area (Å²) in [6.45, 7) is 2.77. The average Bonchev–Trinajstić information content (AvgIpc) is 3.21. The molecule has 1 saturated carbocycles. The molecule has 1 aliphatic carbocycles. The van der Waals surface area contributed by atoms with E-state index in [-0.39, 0.29) is 23.7 Å². The Morgan fingerprint density at radius 1 is 1.18 bits per heavy atom. The highest BCUT2D eigenvalue weighted by Gasteiger charge is 2.36. The van der Waals surface area contributed by atoms with Gasteiger partial charge in [-0.3, -0.25) is 4.79 Å². The molecule has 0 bridgehead atoms. The molecule has 0 saturated heterocycles. The molecule has 2 aliphatic rings. The fourth-order valence-corrected chi connectivity index (χ4v) is 4.67. The lowest BCUT2D eigenvalue weighted by molar-refractivity contribution is -0.148. The predicted octanol–water partition coefficient (Wildman–Crippen LogP) is 4.42. The zero-order valence-corrected chi connectivity index (χ0v) is 16.3. The van der Waals surface area contributed by atoms with Crippen LogP contribution in [0, 0.1) is 11.8 Å². The van der Waals surface area contributed by atoms with E-state index in [4.69, 9.17) is 9.47 Å². The molecule has 1 fully saturated rings. The topological polar surface area (TPSA) is 55.8 Å². The largest absolute Gasteiger partial charge is 0.493 e. The monoisotopic (exact) mass is 380 g/mol. The normalized spacial score (nSPS) is 26.4. The van der Waals surface area contributed by atoms with Gasteiger partial charge >= 0.3 is 5.97 Å². The number of carbonyl (C=O) groups is 1. The summed E-state index contributed by atoms with van der Waals surface area (Å²) in [5.41, 5.74) is 3.17. The molecule has 4 atom stereocenters. The first kappa shape index (κ1) is 19.0. The maximum absolute atomic E-state index is 12.3. The number of ether oxygens (including phenoxy) is 2. The Morgan fingerprint density at radius 2 is 2.00 bits per heavy atom. The second-order valence-corrected chi connectivity index (χ2v) is 7.90. The van der Waals surface area contributed by atoms with Gasteiger partial charge in [0.1, 0.15) is 5.75 Å². The average molecular weight is 380 g/mol. The summed E-state index contributed by atoms with van der Waals surface area (Å²) in [5.74, 6) is 0.805. The smallest absolute Gasteiger partial charge is 0.309 e. The second-order valence-electron chi connectivity index (χ2n) is 7.90. The molecule has 148 valence electrons. The molecule has 4 heteroatoms. The predicted molar refractivity (Wildman–Crippen MR) is 107 cm³/mol. The van der Waals surface area contributed by atoms with E-state index in [9.17, 15) is 9.90 Å². The number of carbonyl (C=O) groups excluding carboxylic acids is 1. The molecule has 0 radical (unpaired) electrons. The molecule has 4 rings (SSSR count). The number of aliphatic hydroxyl groups excluding tert-OH is 1. The van der Waals surface area contributed by atoms with Gasteiger partial charge in [-0.2, -0.15) is 0 Å². The van der Waals surface area contributed by atoms with Crippen LogP contribution in [-0.4, -0.2) is 24.3 Å². The van der Waals surface area contributed by atoms with Crippen LogP contribution in [0.2, 0.25) is 0 Å². The van der Waals surface area contributed by atoms with Gasteiger partial charge in [0.05, 0.1) is 25.2 Å². The van der Waals surface area contributed by atoms with Crippen LogP contribution in [0.3, 0.4) is 0 Å². The molecule has 2 unspecified atom stereocenters. The van der Waals surface area contributed by atoms with Crippen LogP contribution in [0.5, 0.6) is 5.75 Å². The van der Waals surface area contributed by atoms with Crippen molar-refractivity contribution in [3.63, 3.8) is 0 Å². The van der Waals surface area contributed by atoms with Crippen molar-refractivity contribution in [2.75, 3.05) is 13.2 Å². The number of fused-ring (bicyclic) bond motifs is 1. The number of rotatable bonds is 5. The first-order valence-electron chi connectivity index (χ1n) is 10.3. The SMILES string of the molecule is CCOC(=O)C1CCCC1c1ccc2c(c1)OC[C@H](Cc1ccccc1)[C@H]2O. The van der Waals surface area contributed by atoms with Gasteiger partial charge in [0.25, 0.3) is 0 Å². The van der Waals surface area contributed by atoms with E-state index in [1.54, 1.807) is 0 Å². The third-order valence-electron chi connectivity index (χ3n) is 6.13. The molecule has 1 N–H and O–H groups in total. The Labute approximate surface area is 166 Å². The van der Waals surface area contributed by atoms with E-state index >= 15 is 0 Å². The molecule has 0 aromatic heterocycles. The van der Waals surface area contributed by atoms with E-state index in [0.29, 0.717) is 13.2 Å². The van der Waals surface area contributed by atoms with Crippen LogP contribution >= 0.6 is 0 Å². The summed E-state index contributed by atoms with van der Waals surface area (Å²) in [6, 6.07) is 16.3. The van der Waals surface area contributed by atoms with Crippen LogP contribution in [0.1, 0.15) is 54.9 Å². The summed E-state index contributed by atoms with van der Waals surface area (Å²) in [5, 5.41) is 10.9. The summed E-state index contributed by atoms with van der Waals surface area (Å²) in [6.07, 6.45) is 3.15. The fourth-order valence-electron chi connectivity index (χ4n) is 4.67. The Bertz CT molecular complexity index is 817. The van der Waals surface area contributed by atoms with Crippen molar-refractivity contribution in [3.05, 3.63) is 65.2 Å². The van der Waals surface area contributed by atoms with E-state index in [1.165, 1.54) is 5.56 Å². The Morgan fingerprint density at radius 3 is 2.79 bits per heavy atom. The van der Waals surface area contributed by atoms with Crippen molar-refractivity contribution in [3.8, 4) is 5.75 Å². The van der Waals surface area contributed by atoms with Gasteiger partial charge in [0.15, 0.2) is 0 Å².